The van der Waals surface area contributed by atoms with Crippen molar-refractivity contribution in [3.05, 3.63) is 47.9 Å². The van der Waals surface area contributed by atoms with E-state index in [1.54, 1.807) is 12.1 Å². The van der Waals surface area contributed by atoms with Crippen molar-refractivity contribution in [3.8, 4) is 11.3 Å². The van der Waals surface area contributed by atoms with Crippen molar-refractivity contribution in [2.75, 3.05) is 0 Å². The Hall–Kier alpha value is -1.48. The van der Waals surface area contributed by atoms with Gasteiger partial charge in [0.05, 0.1) is 13.8 Å². The second-order valence-electron chi connectivity index (χ2n) is 7.08. The van der Waals surface area contributed by atoms with E-state index in [4.69, 9.17) is 0 Å². The summed E-state index contributed by atoms with van der Waals surface area (Å²) in [5, 5.41) is 1.43. The molecule has 1 aromatic heterocycles. The number of nitrogens with zero attached hydrogens (tertiary/aromatic N) is 1. The van der Waals surface area contributed by atoms with Crippen molar-refractivity contribution in [1.82, 2.24) is 4.98 Å². The van der Waals surface area contributed by atoms with E-state index in [9.17, 15) is 4.39 Å². The van der Waals surface area contributed by atoms with Gasteiger partial charge in [0.25, 0.3) is 0 Å². The third kappa shape index (κ3) is 4.00. The standard InChI is InChI=1S/C18H24FNSi/c1-13(2)10-15-11-17(14-6-8-16(19)9-7-14)20-12-18(15)21(3,4)5/h6-9,11-13H,10H2,1-5H3. The zero-order chi connectivity index (χ0) is 15.6. The summed E-state index contributed by atoms with van der Waals surface area (Å²) in [5.41, 5.74) is 3.31. The Balaban J connectivity index is 2.48. The van der Waals surface area contributed by atoms with Gasteiger partial charge in [-0.05, 0) is 53.4 Å². The summed E-state index contributed by atoms with van der Waals surface area (Å²) in [6, 6.07) is 8.77. The lowest BCUT2D eigenvalue weighted by molar-refractivity contribution is 0.628. The van der Waals surface area contributed by atoms with Crippen molar-refractivity contribution in [1.29, 1.82) is 0 Å². The van der Waals surface area contributed by atoms with Crippen LogP contribution in [0.15, 0.2) is 36.5 Å². The highest BCUT2D eigenvalue weighted by molar-refractivity contribution is 6.89. The van der Waals surface area contributed by atoms with Crippen LogP contribution >= 0.6 is 0 Å². The molecule has 0 N–H and O–H groups in total. The van der Waals surface area contributed by atoms with Crippen LogP contribution in [0.4, 0.5) is 4.39 Å². The molecule has 0 aliphatic heterocycles. The quantitative estimate of drug-likeness (QED) is 0.750. The monoisotopic (exact) mass is 301 g/mol. The first-order chi connectivity index (χ1) is 9.77. The van der Waals surface area contributed by atoms with Gasteiger partial charge in [0.1, 0.15) is 5.82 Å². The molecule has 0 radical (unpaired) electrons. The zero-order valence-electron chi connectivity index (χ0n) is 13.6. The van der Waals surface area contributed by atoms with Crippen molar-refractivity contribution >= 4 is 13.3 Å². The first-order valence-electron chi connectivity index (χ1n) is 7.52. The fraction of sp³-hybridized carbons (Fsp3) is 0.389. The van der Waals surface area contributed by atoms with E-state index in [1.165, 1.54) is 22.9 Å². The van der Waals surface area contributed by atoms with Crippen LogP contribution in [0, 0.1) is 11.7 Å². The Bertz CT molecular complexity index is 612. The highest BCUT2D eigenvalue weighted by Crippen LogP contribution is 2.20. The Kier molecular flexibility index (Phi) is 4.62. The SMILES string of the molecule is CC(C)Cc1cc(-c2ccc(F)cc2)ncc1[Si](C)(C)C. The minimum atomic E-state index is -1.40. The molecule has 0 amide bonds. The van der Waals surface area contributed by atoms with E-state index in [1.807, 2.05) is 6.20 Å². The van der Waals surface area contributed by atoms with Gasteiger partial charge in [0.2, 0.25) is 0 Å². The average Bonchev–Trinajstić information content (AvgIpc) is 2.37. The third-order valence-corrected chi connectivity index (χ3v) is 5.63. The molecule has 112 valence electrons. The second kappa shape index (κ2) is 6.10. The van der Waals surface area contributed by atoms with Gasteiger partial charge >= 0.3 is 0 Å². The van der Waals surface area contributed by atoms with Crippen LogP contribution in [-0.2, 0) is 6.42 Å². The maximum atomic E-state index is 13.1. The molecule has 0 spiro atoms. The van der Waals surface area contributed by atoms with Gasteiger partial charge in [-0.15, -0.1) is 0 Å². The Morgan fingerprint density at radius 3 is 2.24 bits per heavy atom. The minimum absolute atomic E-state index is 0.208. The number of pyridine rings is 1. The van der Waals surface area contributed by atoms with Gasteiger partial charge in [0, 0.05) is 11.8 Å². The molecule has 2 aromatic rings. The topological polar surface area (TPSA) is 12.9 Å². The number of hydrogen-bond acceptors (Lipinski definition) is 1. The van der Waals surface area contributed by atoms with Crippen LogP contribution in [0.3, 0.4) is 0 Å². The van der Waals surface area contributed by atoms with Crippen molar-refractivity contribution in [3.63, 3.8) is 0 Å². The summed E-state index contributed by atoms with van der Waals surface area (Å²) in [4.78, 5) is 4.63. The predicted molar refractivity (Wildman–Crippen MR) is 91.2 cm³/mol. The summed E-state index contributed by atoms with van der Waals surface area (Å²) in [6.07, 6.45) is 3.11. The van der Waals surface area contributed by atoms with Crippen LogP contribution in [0.5, 0.6) is 0 Å². The molecular formula is C18H24FNSi. The number of benzene rings is 1. The van der Waals surface area contributed by atoms with Crippen molar-refractivity contribution < 1.29 is 4.39 Å². The van der Waals surface area contributed by atoms with E-state index in [0.29, 0.717) is 5.92 Å². The normalized spacial score (nSPS) is 12.0. The number of aromatic nitrogens is 1. The summed E-state index contributed by atoms with van der Waals surface area (Å²) >= 11 is 0. The predicted octanol–water partition coefficient (Wildman–Crippen LogP) is 4.63. The average molecular weight is 301 g/mol. The first-order valence-corrected chi connectivity index (χ1v) is 11.0. The van der Waals surface area contributed by atoms with Crippen LogP contribution in [0.2, 0.25) is 19.6 Å². The number of rotatable bonds is 4. The molecule has 21 heavy (non-hydrogen) atoms. The van der Waals surface area contributed by atoms with E-state index < -0.39 is 8.07 Å². The largest absolute Gasteiger partial charge is 0.256 e. The highest BCUT2D eigenvalue weighted by atomic mass is 28.3. The molecule has 0 saturated carbocycles. The van der Waals surface area contributed by atoms with E-state index in [0.717, 1.165) is 17.7 Å². The smallest absolute Gasteiger partial charge is 0.123 e. The molecule has 1 nitrogen and oxygen atoms in total. The third-order valence-electron chi connectivity index (χ3n) is 3.57. The maximum Gasteiger partial charge on any atom is 0.123 e. The fourth-order valence-corrected chi connectivity index (χ4v) is 4.15. The Morgan fingerprint density at radius 1 is 1.10 bits per heavy atom. The van der Waals surface area contributed by atoms with Gasteiger partial charge in [-0.3, -0.25) is 4.98 Å². The van der Waals surface area contributed by atoms with Gasteiger partial charge in [-0.1, -0.05) is 33.5 Å². The molecule has 0 fully saturated rings. The van der Waals surface area contributed by atoms with Gasteiger partial charge in [0.15, 0.2) is 0 Å². The second-order valence-corrected chi connectivity index (χ2v) is 12.1. The van der Waals surface area contributed by atoms with Crippen LogP contribution < -0.4 is 5.19 Å². The molecule has 0 aliphatic rings. The van der Waals surface area contributed by atoms with Crippen LogP contribution in [0.25, 0.3) is 11.3 Å². The van der Waals surface area contributed by atoms with Gasteiger partial charge < -0.3 is 0 Å². The number of hydrogen-bond donors (Lipinski definition) is 0. The summed E-state index contributed by atoms with van der Waals surface area (Å²) in [6.45, 7) is 11.5. The van der Waals surface area contributed by atoms with E-state index >= 15 is 0 Å². The molecule has 2 rings (SSSR count). The Labute approximate surface area is 128 Å². The lowest BCUT2D eigenvalue weighted by atomic mass is 10.0. The summed E-state index contributed by atoms with van der Waals surface area (Å²) in [5.74, 6) is 0.406. The molecule has 0 unspecified atom stereocenters. The Morgan fingerprint density at radius 2 is 1.71 bits per heavy atom. The van der Waals surface area contributed by atoms with Gasteiger partial charge in [-0.25, -0.2) is 4.39 Å². The molecule has 0 saturated heterocycles. The minimum Gasteiger partial charge on any atom is -0.256 e. The maximum absolute atomic E-state index is 13.1. The molecule has 3 heteroatoms. The molecule has 0 atom stereocenters. The number of halogens is 1. The molecule has 1 aromatic carbocycles. The molecule has 0 bridgehead atoms. The molecule has 0 aliphatic carbocycles. The van der Waals surface area contributed by atoms with E-state index in [2.05, 4.69) is 44.5 Å². The lowest BCUT2D eigenvalue weighted by Gasteiger charge is -2.22. The van der Waals surface area contributed by atoms with Crippen LogP contribution in [-0.4, -0.2) is 13.1 Å². The van der Waals surface area contributed by atoms with Crippen molar-refractivity contribution in [2.24, 2.45) is 5.92 Å². The highest BCUT2D eigenvalue weighted by Gasteiger charge is 2.21. The molecule has 1 heterocycles. The fourth-order valence-electron chi connectivity index (χ4n) is 2.56. The summed E-state index contributed by atoms with van der Waals surface area (Å²) < 4.78 is 13.1. The zero-order valence-corrected chi connectivity index (χ0v) is 14.6. The van der Waals surface area contributed by atoms with Gasteiger partial charge in [-0.2, -0.15) is 0 Å². The first kappa shape index (κ1) is 15.9. The van der Waals surface area contributed by atoms with Crippen molar-refractivity contribution in [2.45, 2.75) is 39.9 Å². The summed E-state index contributed by atoms with van der Waals surface area (Å²) in [7, 11) is -1.40. The van der Waals surface area contributed by atoms with Crippen LogP contribution in [0.1, 0.15) is 19.4 Å². The van der Waals surface area contributed by atoms with E-state index in [-0.39, 0.29) is 5.82 Å². The lowest BCUT2D eigenvalue weighted by Crippen LogP contribution is -2.40. The molecular weight excluding hydrogens is 277 g/mol.